The van der Waals surface area contributed by atoms with Crippen LogP contribution in [-0.4, -0.2) is 37.0 Å². The molecule has 2 heterocycles. The van der Waals surface area contributed by atoms with Crippen molar-refractivity contribution in [2.24, 2.45) is 0 Å². The van der Waals surface area contributed by atoms with Crippen LogP contribution in [-0.2, 0) is 0 Å². The molecular formula is C10H14N2OS. The highest BCUT2D eigenvalue weighted by Gasteiger charge is 2.20. The third-order valence-corrected chi connectivity index (χ3v) is 3.35. The zero-order valence-electron chi connectivity index (χ0n) is 8.03. The van der Waals surface area contributed by atoms with E-state index in [1.54, 1.807) is 0 Å². The van der Waals surface area contributed by atoms with E-state index in [9.17, 15) is 4.79 Å². The quantitative estimate of drug-likeness (QED) is 0.642. The molecule has 2 rings (SSSR count). The highest BCUT2D eigenvalue weighted by atomic mass is 32.1. The van der Waals surface area contributed by atoms with E-state index in [4.69, 9.17) is 0 Å². The van der Waals surface area contributed by atoms with E-state index in [1.807, 2.05) is 22.4 Å². The molecule has 4 heteroatoms. The van der Waals surface area contributed by atoms with Gasteiger partial charge in [-0.05, 0) is 11.4 Å². The average Bonchev–Trinajstić information content (AvgIpc) is 2.71. The summed E-state index contributed by atoms with van der Waals surface area (Å²) < 4.78 is 0. The second-order valence-electron chi connectivity index (χ2n) is 3.52. The maximum absolute atomic E-state index is 11.9. The molecule has 0 atom stereocenters. The van der Waals surface area contributed by atoms with Gasteiger partial charge in [0.05, 0.1) is 31.1 Å². The molecule has 1 aromatic heterocycles. The Bertz CT molecular complexity index is 302. The van der Waals surface area contributed by atoms with Gasteiger partial charge in [-0.3, -0.25) is 4.79 Å². The van der Waals surface area contributed by atoms with Crippen LogP contribution < -0.4 is 4.90 Å². The van der Waals surface area contributed by atoms with Gasteiger partial charge >= 0.3 is 0 Å². The minimum atomic E-state index is 0.174. The largest absolute Gasteiger partial charge is 0.465 e. The molecule has 1 amide bonds. The molecular weight excluding hydrogens is 196 g/mol. The minimum absolute atomic E-state index is 0.174. The van der Waals surface area contributed by atoms with Crippen LogP contribution in [0.15, 0.2) is 17.5 Å². The maximum Gasteiger partial charge on any atom is 0.264 e. The van der Waals surface area contributed by atoms with Gasteiger partial charge < -0.3 is 9.80 Å². The Morgan fingerprint density at radius 1 is 1.50 bits per heavy atom. The molecule has 14 heavy (non-hydrogen) atoms. The summed E-state index contributed by atoms with van der Waals surface area (Å²) in [5.74, 6) is 0.174. The number of piperazine rings is 1. The molecule has 3 nitrogen and oxygen atoms in total. The normalized spacial score (nSPS) is 18.5. The lowest BCUT2D eigenvalue weighted by Gasteiger charge is -2.33. The van der Waals surface area contributed by atoms with Crippen molar-refractivity contribution in [1.29, 1.82) is 0 Å². The van der Waals surface area contributed by atoms with E-state index < -0.39 is 0 Å². The van der Waals surface area contributed by atoms with E-state index in [0.717, 1.165) is 31.1 Å². The molecule has 1 fully saturated rings. The second-order valence-corrected chi connectivity index (χ2v) is 4.47. The number of quaternary nitrogens is 1. The number of hydrogen-bond donors (Lipinski definition) is 1. The minimum Gasteiger partial charge on any atom is -0.465 e. The summed E-state index contributed by atoms with van der Waals surface area (Å²) in [4.78, 5) is 15.9. The van der Waals surface area contributed by atoms with Crippen LogP contribution >= 0.6 is 11.3 Å². The Balaban J connectivity index is 1.99. The molecule has 1 aromatic rings. The molecule has 0 unspecified atom stereocenters. The van der Waals surface area contributed by atoms with E-state index in [-0.39, 0.29) is 5.91 Å². The molecule has 0 saturated carbocycles. The van der Waals surface area contributed by atoms with Gasteiger partial charge in [0, 0.05) is 0 Å². The molecule has 1 saturated heterocycles. The number of thiophene rings is 1. The number of nitrogens with zero attached hydrogens (tertiary/aromatic N) is 1. The SMILES string of the molecule is [CH2-][NH+]1CCN(C(=O)c2cccs2)CC1. The fourth-order valence-corrected chi connectivity index (χ4v) is 2.27. The molecule has 0 aliphatic carbocycles. The number of carbonyl (C=O) groups excluding carboxylic acids is 1. The van der Waals surface area contributed by atoms with Crippen LogP contribution in [0.25, 0.3) is 0 Å². The summed E-state index contributed by atoms with van der Waals surface area (Å²) >= 11 is 1.51. The number of amides is 1. The predicted octanol–water partition coefficient (Wildman–Crippen LogP) is -0.120. The fourth-order valence-electron chi connectivity index (χ4n) is 1.58. The van der Waals surface area contributed by atoms with Gasteiger partial charge in [0.1, 0.15) is 0 Å². The van der Waals surface area contributed by atoms with Crippen LogP contribution in [0.2, 0.25) is 0 Å². The van der Waals surface area contributed by atoms with E-state index >= 15 is 0 Å². The van der Waals surface area contributed by atoms with Gasteiger partial charge in [-0.25, -0.2) is 0 Å². The molecule has 0 spiro atoms. The zero-order valence-corrected chi connectivity index (χ0v) is 8.85. The molecule has 76 valence electrons. The van der Waals surface area contributed by atoms with Gasteiger partial charge in [-0.15, -0.1) is 11.3 Å². The zero-order chi connectivity index (χ0) is 9.97. The molecule has 1 aliphatic rings. The lowest BCUT2D eigenvalue weighted by Crippen LogP contribution is -3.10. The Kier molecular flexibility index (Phi) is 2.84. The summed E-state index contributed by atoms with van der Waals surface area (Å²) in [5, 5.41) is 1.94. The monoisotopic (exact) mass is 210 g/mol. The smallest absolute Gasteiger partial charge is 0.264 e. The van der Waals surface area contributed by atoms with Gasteiger partial charge in [-0.1, -0.05) is 6.07 Å². The first-order chi connectivity index (χ1) is 6.77. The van der Waals surface area contributed by atoms with Crippen molar-refractivity contribution >= 4 is 17.2 Å². The number of carbonyl (C=O) groups is 1. The number of hydrogen-bond acceptors (Lipinski definition) is 2. The van der Waals surface area contributed by atoms with E-state index in [2.05, 4.69) is 7.05 Å². The Labute approximate surface area is 87.9 Å². The average molecular weight is 210 g/mol. The summed E-state index contributed by atoms with van der Waals surface area (Å²) in [6, 6.07) is 3.80. The summed E-state index contributed by atoms with van der Waals surface area (Å²) in [6.45, 7) is 3.57. The predicted molar refractivity (Wildman–Crippen MR) is 56.3 cm³/mol. The van der Waals surface area contributed by atoms with Crippen LogP contribution in [0.5, 0.6) is 0 Å². The highest BCUT2D eigenvalue weighted by Crippen LogP contribution is 2.11. The van der Waals surface area contributed by atoms with E-state index in [1.165, 1.54) is 16.2 Å². The Hall–Kier alpha value is -0.870. The Morgan fingerprint density at radius 2 is 2.21 bits per heavy atom. The molecule has 0 bridgehead atoms. The van der Waals surface area contributed by atoms with Gasteiger partial charge in [0.2, 0.25) is 0 Å². The lowest BCUT2D eigenvalue weighted by atomic mass is 10.3. The molecule has 1 N–H and O–H groups in total. The topological polar surface area (TPSA) is 24.8 Å². The van der Waals surface area contributed by atoms with Crippen molar-refractivity contribution in [2.45, 2.75) is 0 Å². The first kappa shape index (κ1) is 9.68. The third-order valence-electron chi connectivity index (χ3n) is 2.49. The van der Waals surface area contributed by atoms with Gasteiger partial charge in [-0.2, -0.15) is 7.05 Å². The highest BCUT2D eigenvalue weighted by molar-refractivity contribution is 7.12. The van der Waals surface area contributed by atoms with Crippen LogP contribution in [0.1, 0.15) is 9.67 Å². The number of rotatable bonds is 1. The Morgan fingerprint density at radius 3 is 2.79 bits per heavy atom. The fraction of sp³-hybridized carbons (Fsp3) is 0.400. The van der Waals surface area contributed by atoms with Gasteiger partial charge in [0.15, 0.2) is 0 Å². The van der Waals surface area contributed by atoms with Gasteiger partial charge in [0.25, 0.3) is 5.91 Å². The molecule has 0 aromatic carbocycles. The third kappa shape index (κ3) is 1.96. The summed E-state index contributed by atoms with van der Waals surface area (Å²) in [7, 11) is 3.94. The van der Waals surface area contributed by atoms with Crippen molar-refractivity contribution in [1.82, 2.24) is 4.90 Å². The van der Waals surface area contributed by atoms with Crippen molar-refractivity contribution in [3.05, 3.63) is 29.4 Å². The maximum atomic E-state index is 11.9. The number of nitrogens with one attached hydrogen (secondary N) is 1. The molecule has 1 aliphatic heterocycles. The standard InChI is InChI=1S/C10H14N2OS/c1-11-4-6-12(7-5-11)10(13)9-3-2-8-14-9/h2-3,8,11H,1,4-7H2. The lowest BCUT2D eigenvalue weighted by molar-refractivity contribution is -0.858. The van der Waals surface area contributed by atoms with Crippen molar-refractivity contribution in [3.8, 4) is 0 Å². The molecule has 0 radical (unpaired) electrons. The first-order valence-electron chi connectivity index (χ1n) is 4.77. The second kappa shape index (κ2) is 4.11. The summed E-state index contributed by atoms with van der Waals surface area (Å²) in [6.07, 6.45) is 0. The van der Waals surface area contributed by atoms with E-state index in [0.29, 0.717) is 0 Å². The van der Waals surface area contributed by atoms with Crippen molar-refractivity contribution in [2.75, 3.05) is 26.2 Å². The van der Waals surface area contributed by atoms with Crippen molar-refractivity contribution in [3.63, 3.8) is 0 Å². The first-order valence-corrected chi connectivity index (χ1v) is 5.65. The van der Waals surface area contributed by atoms with Crippen molar-refractivity contribution < 1.29 is 9.69 Å². The summed E-state index contributed by atoms with van der Waals surface area (Å²) in [5.41, 5.74) is 0. The van der Waals surface area contributed by atoms with Crippen LogP contribution in [0.3, 0.4) is 0 Å². The van der Waals surface area contributed by atoms with Crippen LogP contribution in [0.4, 0.5) is 0 Å². The van der Waals surface area contributed by atoms with Crippen LogP contribution in [0, 0.1) is 7.05 Å².